The van der Waals surface area contributed by atoms with Crippen molar-refractivity contribution in [3.63, 3.8) is 0 Å². The highest BCUT2D eigenvalue weighted by molar-refractivity contribution is 5.70. The van der Waals surface area contributed by atoms with Crippen LogP contribution in [0.3, 0.4) is 0 Å². The molecule has 130 valence electrons. The lowest BCUT2D eigenvalue weighted by Gasteiger charge is -2.33. The minimum Gasteiger partial charge on any atom is -0.444 e. The van der Waals surface area contributed by atoms with Crippen LogP contribution in [0.2, 0.25) is 0 Å². The van der Waals surface area contributed by atoms with Gasteiger partial charge in [0.2, 0.25) is 0 Å². The maximum Gasteiger partial charge on any atom is 0.410 e. The molecule has 2 aromatic rings. The Morgan fingerprint density at radius 1 is 1.33 bits per heavy atom. The predicted octanol–water partition coefficient (Wildman–Crippen LogP) is -1.25. The minimum atomic E-state index is -0.497. The van der Waals surface area contributed by atoms with Gasteiger partial charge in [-0.2, -0.15) is 4.98 Å². The maximum atomic E-state index is 12.3. The van der Waals surface area contributed by atoms with Gasteiger partial charge in [-0.3, -0.25) is 4.57 Å². The number of likely N-dealkylation sites (tertiary alicyclic amines) is 1. The zero-order valence-corrected chi connectivity index (χ0v) is 16.4. The van der Waals surface area contributed by atoms with E-state index in [0.717, 1.165) is 9.22 Å². The number of nitrogens with one attached hydrogen (secondary N) is 1. The van der Waals surface area contributed by atoms with E-state index in [2.05, 4.69) is 9.97 Å². The number of pyridine rings is 1. The standard InChI is InChI=1S/C16H21IN4O3/c1-16(2,3)24-15(23)20-8-6-10(7-9-20)21-13-11(18-14(21)22)4-5-12(17)19-13/h4-5,10,17H,6-9H2,1-3H3/p+1. The van der Waals surface area contributed by atoms with Gasteiger partial charge in [0.25, 0.3) is 3.70 Å². The van der Waals surface area contributed by atoms with Gasteiger partial charge in [-0.15, -0.1) is 0 Å². The normalized spacial score (nSPS) is 16.6. The van der Waals surface area contributed by atoms with Crippen molar-refractivity contribution in [1.29, 1.82) is 0 Å². The number of amides is 1. The summed E-state index contributed by atoms with van der Waals surface area (Å²) in [6, 6.07) is 3.81. The molecule has 0 atom stereocenters. The topological polar surface area (TPSA) is 80.2 Å². The van der Waals surface area contributed by atoms with Crippen LogP contribution in [0.5, 0.6) is 0 Å². The second-order valence-corrected chi connectivity index (χ2v) is 8.21. The van der Waals surface area contributed by atoms with Crippen molar-refractivity contribution in [2.45, 2.75) is 45.3 Å². The molecule has 0 unspecified atom stereocenters. The number of nitrogens with zero attached hydrogens (tertiary/aromatic N) is 3. The zero-order valence-electron chi connectivity index (χ0n) is 14.0. The van der Waals surface area contributed by atoms with Gasteiger partial charge in [-0.1, -0.05) is 0 Å². The number of ether oxygens (including phenoxy) is 1. The van der Waals surface area contributed by atoms with Gasteiger partial charge < -0.3 is 14.6 Å². The SMILES string of the molecule is CC(C)(C)OC(=O)N1CCC(n2c(=O)[nH]c3ccc([IH+])nc32)CC1. The van der Waals surface area contributed by atoms with Gasteiger partial charge in [-0.05, 0) is 39.7 Å². The van der Waals surface area contributed by atoms with Crippen LogP contribution in [-0.2, 0) is 4.74 Å². The van der Waals surface area contributed by atoms with Crippen molar-refractivity contribution in [1.82, 2.24) is 19.4 Å². The quantitative estimate of drug-likeness (QED) is 0.440. The summed E-state index contributed by atoms with van der Waals surface area (Å²) in [5, 5.41) is 0. The highest BCUT2D eigenvalue weighted by Crippen LogP contribution is 2.25. The second kappa shape index (κ2) is 6.38. The fourth-order valence-corrected chi connectivity index (χ4v) is 3.40. The van der Waals surface area contributed by atoms with Gasteiger partial charge >= 0.3 is 34.4 Å². The van der Waals surface area contributed by atoms with Crippen LogP contribution in [0.1, 0.15) is 39.7 Å². The molecule has 0 aliphatic carbocycles. The summed E-state index contributed by atoms with van der Waals surface area (Å²) in [6.45, 7) is 6.72. The van der Waals surface area contributed by atoms with E-state index in [4.69, 9.17) is 4.74 Å². The van der Waals surface area contributed by atoms with Crippen LogP contribution in [0.4, 0.5) is 4.79 Å². The monoisotopic (exact) mass is 445 g/mol. The Labute approximate surface area is 153 Å². The second-order valence-electron chi connectivity index (χ2n) is 7.02. The molecule has 0 radical (unpaired) electrons. The number of H-pyrrole nitrogens is 1. The average Bonchev–Trinajstić information content (AvgIpc) is 2.81. The number of aromatic nitrogens is 3. The molecule has 0 saturated carbocycles. The first-order valence-electron chi connectivity index (χ1n) is 8.01. The molecule has 1 N–H and O–H groups in total. The summed E-state index contributed by atoms with van der Waals surface area (Å²) < 4.78 is 8.03. The third-order valence-corrected chi connectivity index (χ3v) is 4.67. The number of piperidine rings is 1. The largest absolute Gasteiger partial charge is 0.444 e. The van der Waals surface area contributed by atoms with E-state index >= 15 is 0 Å². The number of carbonyl (C=O) groups is 1. The molecule has 8 heteroatoms. The van der Waals surface area contributed by atoms with Gasteiger partial charge in [0, 0.05) is 25.2 Å². The van der Waals surface area contributed by atoms with Crippen LogP contribution in [-0.4, -0.2) is 44.2 Å². The molecule has 24 heavy (non-hydrogen) atoms. The van der Waals surface area contributed by atoms with Crippen LogP contribution >= 0.6 is 0 Å². The smallest absolute Gasteiger partial charge is 0.410 e. The number of carbonyl (C=O) groups excluding carboxylic acids is 1. The molecule has 1 aliphatic rings. The molecule has 0 bridgehead atoms. The molecule has 2 aromatic heterocycles. The Bertz CT molecular complexity index is 813. The molecular formula is C16H22IN4O3+. The van der Waals surface area contributed by atoms with E-state index in [1.54, 1.807) is 9.47 Å². The Kier molecular flexibility index (Phi) is 4.58. The summed E-state index contributed by atoms with van der Waals surface area (Å²) in [4.78, 5) is 33.5. The van der Waals surface area contributed by atoms with Crippen molar-refractivity contribution in [3.8, 4) is 0 Å². The van der Waals surface area contributed by atoms with Gasteiger partial charge in [-0.25, -0.2) is 9.59 Å². The van der Waals surface area contributed by atoms with Crippen LogP contribution in [0.15, 0.2) is 16.9 Å². The maximum absolute atomic E-state index is 12.3. The Morgan fingerprint density at radius 3 is 2.62 bits per heavy atom. The number of rotatable bonds is 1. The average molecular weight is 445 g/mol. The first kappa shape index (κ1) is 17.2. The Morgan fingerprint density at radius 2 is 2.00 bits per heavy atom. The summed E-state index contributed by atoms with van der Waals surface area (Å²) in [6.07, 6.45) is 1.13. The van der Waals surface area contributed by atoms with Gasteiger partial charge in [0.1, 0.15) is 5.60 Å². The van der Waals surface area contributed by atoms with Gasteiger partial charge in [0.15, 0.2) is 5.65 Å². The van der Waals surface area contributed by atoms with Crippen molar-refractivity contribution in [2.75, 3.05) is 13.1 Å². The fraction of sp³-hybridized carbons (Fsp3) is 0.562. The fourth-order valence-electron chi connectivity index (χ4n) is 2.96. The molecule has 1 saturated heterocycles. The van der Waals surface area contributed by atoms with Crippen molar-refractivity contribution in [3.05, 3.63) is 26.3 Å². The summed E-state index contributed by atoms with van der Waals surface area (Å²) in [7, 11) is 0. The van der Waals surface area contributed by atoms with E-state index in [1.807, 2.05) is 55.5 Å². The third kappa shape index (κ3) is 3.57. The first-order valence-corrected chi connectivity index (χ1v) is 9.17. The van der Waals surface area contributed by atoms with E-state index in [0.29, 0.717) is 31.6 Å². The summed E-state index contributed by atoms with van der Waals surface area (Å²) >= 11 is 1.83. The lowest BCUT2D eigenvalue weighted by molar-refractivity contribution is -0.337. The van der Waals surface area contributed by atoms with E-state index in [-0.39, 0.29) is 17.8 Å². The molecule has 0 aromatic carbocycles. The molecule has 3 rings (SSSR count). The number of aromatic amines is 1. The summed E-state index contributed by atoms with van der Waals surface area (Å²) in [5.41, 5.74) is 0.809. The van der Waals surface area contributed by atoms with Crippen molar-refractivity contribution >= 4 is 17.3 Å². The minimum absolute atomic E-state index is 0.0421. The molecule has 7 nitrogen and oxygen atoms in total. The molecule has 1 fully saturated rings. The lowest BCUT2D eigenvalue weighted by atomic mass is 10.1. The molecule has 1 amide bonds. The Hall–Kier alpha value is -1.58. The third-order valence-electron chi connectivity index (χ3n) is 4.02. The molecule has 0 spiro atoms. The number of fused-ring (bicyclic) bond motifs is 1. The lowest BCUT2D eigenvalue weighted by Crippen LogP contribution is -3.34. The number of hydrogen-bond donors (Lipinski definition) is 1. The molecular weight excluding hydrogens is 423 g/mol. The number of hydrogen-bond acceptors (Lipinski definition) is 4. The summed E-state index contributed by atoms with van der Waals surface area (Å²) in [5.74, 6) is 0. The van der Waals surface area contributed by atoms with E-state index in [1.165, 1.54) is 0 Å². The molecule has 3 heterocycles. The van der Waals surface area contributed by atoms with Gasteiger partial charge in [0.05, 0.1) is 5.52 Å². The van der Waals surface area contributed by atoms with E-state index in [9.17, 15) is 9.59 Å². The first-order chi connectivity index (χ1) is 11.2. The molecule has 1 aliphatic heterocycles. The zero-order chi connectivity index (χ0) is 17.5. The van der Waals surface area contributed by atoms with E-state index < -0.39 is 5.60 Å². The van der Waals surface area contributed by atoms with Crippen molar-refractivity contribution < 1.29 is 32.1 Å². The van der Waals surface area contributed by atoms with Crippen LogP contribution in [0.25, 0.3) is 11.2 Å². The number of halogens is 1. The highest BCUT2D eigenvalue weighted by Gasteiger charge is 2.29. The Balaban J connectivity index is 1.76. The van der Waals surface area contributed by atoms with Crippen LogP contribution < -0.4 is 28.3 Å². The number of imidazole rings is 1. The highest BCUT2D eigenvalue weighted by atomic mass is 127. The predicted molar refractivity (Wildman–Crippen MR) is 86.5 cm³/mol. The van der Waals surface area contributed by atoms with Crippen LogP contribution in [0, 0.1) is 3.70 Å². The van der Waals surface area contributed by atoms with Crippen molar-refractivity contribution in [2.24, 2.45) is 0 Å².